The van der Waals surface area contributed by atoms with E-state index in [-0.39, 0.29) is 45.0 Å². The first-order valence-corrected chi connectivity index (χ1v) is 12.2. The first-order valence-electron chi connectivity index (χ1n) is 9.37. The number of halogens is 1. The molecular formula is C20H17ClN2O8S2. The second kappa shape index (κ2) is 8.69. The molecule has 1 N–H and O–H groups in total. The number of fused-ring (bicyclic) bond motifs is 1. The number of esters is 1. The van der Waals surface area contributed by atoms with Crippen LogP contribution < -0.4 is 14.2 Å². The van der Waals surface area contributed by atoms with Crippen LogP contribution in [0.15, 0.2) is 32.3 Å². The number of carbonyl (C=O) groups excluding carboxylic acids is 2. The van der Waals surface area contributed by atoms with Gasteiger partial charge >= 0.3 is 5.97 Å². The molecule has 174 valence electrons. The second-order valence-corrected chi connectivity index (χ2v) is 9.84. The van der Waals surface area contributed by atoms with Crippen LogP contribution in [0.25, 0.3) is 0 Å². The Bertz CT molecular complexity index is 1350. The van der Waals surface area contributed by atoms with E-state index in [2.05, 4.69) is 5.16 Å². The molecule has 0 bridgehead atoms. The zero-order valence-electron chi connectivity index (χ0n) is 17.5. The number of rotatable bonds is 6. The standard InChI is InChI=1S/C20H17ClN2O8S2/c1-9-14(12(20(25)28-3)6-13-17(9)30-8-29-13)15(18-16(21)10(2)22-31-18)19(24)23-33(26,27)11-4-5-32-7-11/h4-7,15H,8H2,1-3H3,(H,23,24). The van der Waals surface area contributed by atoms with E-state index in [1.165, 1.54) is 24.6 Å². The minimum atomic E-state index is -4.21. The number of sulfonamides is 1. The van der Waals surface area contributed by atoms with Crippen molar-refractivity contribution in [1.29, 1.82) is 0 Å². The van der Waals surface area contributed by atoms with E-state index < -0.39 is 27.8 Å². The molecule has 1 aliphatic heterocycles. The molecule has 0 radical (unpaired) electrons. The van der Waals surface area contributed by atoms with E-state index in [0.717, 1.165) is 11.3 Å². The number of nitrogens with one attached hydrogen (secondary N) is 1. The minimum Gasteiger partial charge on any atom is -0.465 e. The third kappa shape index (κ3) is 4.05. The van der Waals surface area contributed by atoms with Crippen molar-refractivity contribution in [2.24, 2.45) is 0 Å². The SMILES string of the molecule is COC(=O)c1cc2c(c(C)c1C(C(=O)NS(=O)(=O)c1ccsc1)c1onc(C)c1Cl)OCO2. The Morgan fingerprint density at radius 2 is 2.06 bits per heavy atom. The van der Waals surface area contributed by atoms with Crippen LogP contribution in [0.5, 0.6) is 11.5 Å². The van der Waals surface area contributed by atoms with Gasteiger partial charge in [-0.15, -0.1) is 0 Å². The van der Waals surface area contributed by atoms with Gasteiger partial charge in [0.1, 0.15) is 10.9 Å². The summed E-state index contributed by atoms with van der Waals surface area (Å²) in [4.78, 5) is 26.0. The van der Waals surface area contributed by atoms with Crippen molar-refractivity contribution in [3.8, 4) is 11.5 Å². The predicted molar refractivity (Wildman–Crippen MR) is 116 cm³/mol. The van der Waals surface area contributed by atoms with Crippen molar-refractivity contribution in [3.05, 3.63) is 56.1 Å². The molecular weight excluding hydrogens is 496 g/mol. The monoisotopic (exact) mass is 512 g/mol. The molecule has 10 nitrogen and oxygen atoms in total. The van der Waals surface area contributed by atoms with E-state index >= 15 is 0 Å². The zero-order valence-corrected chi connectivity index (χ0v) is 19.9. The summed E-state index contributed by atoms with van der Waals surface area (Å²) in [6.07, 6.45) is 0. The molecule has 1 atom stereocenters. The summed E-state index contributed by atoms with van der Waals surface area (Å²) in [5, 5.41) is 6.73. The van der Waals surface area contributed by atoms with E-state index in [0.29, 0.717) is 11.3 Å². The highest BCUT2D eigenvalue weighted by molar-refractivity contribution is 7.90. The smallest absolute Gasteiger partial charge is 0.338 e. The first-order chi connectivity index (χ1) is 15.7. The Morgan fingerprint density at radius 3 is 2.67 bits per heavy atom. The number of methoxy groups -OCH3 is 1. The van der Waals surface area contributed by atoms with Gasteiger partial charge in [0.15, 0.2) is 17.3 Å². The molecule has 0 saturated heterocycles. The maximum Gasteiger partial charge on any atom is 0.338 e. The summed E-state index contributed by atoms with van der Waals surface area (Å²) in [5.41, 5.74) is 0.673. The fourth-order valence-electron chi connectivity index (χ4n) is 3.46. The van der Waals surface area contributed by atoms with Crippen LogP contribution in [0.3, 0.4) is 0 Å². The minimum absolute atomic E-state index is 0.0102. The zero-order chi connectivity index (χ0) is 23.9. The summed E-state index contributed by atoms with van der Waals surface area (Å²) in [6.45, 7) is 3.06. The molecule has 0 spiro atoms. The molecule has 0 saturated carbocycles. The van der Waals surface area contributed by atoms with E-state index in [1.54, 1.807) is 19.2 Å². The third-order valence-corrected chi connectivity index (χ3v) is 7.66. The Labute approximate surface area is 197 Å². The largest absolute Gasteiger partial charge is 0.465 e. The van der Waals surface area contributed by atoms with Crippen LogP contribution >= 0.6 is 22.9 Å². The summed E-state index contributed by atoms with van der Waals surface area (Å²) >= 11 is 7.50. The van der Waals surface area contributed by atoms with E-state index in [1.807, 2.05) is 4.72 Å². The van der Waals surface area contributed by atoms with Gasteiger partial charge in [-0.3, -0.25) is 4.79 Å². The fourth-order valence-corrected chi connectivity index (χ4v) is 5.67. The second-order valence-electron chi connectivity index (χ2n) is 7.00. The Kier molecular flexibility index (Phi) is 6.08. The van der Waals surface area contributed by atoms with Crippen LogP contribution in [0.1, 0.15) is 38.9 Å². The molecule has 0 aliphatic carbocycles. The highest BCUT2D eigenvalue weighted by Crippen LogP contribution is 2.45. The summed E-state index contributed by atoms with van der Waals surface area (Å²) in [7, 11) is -3.04. The quantitative estimate of drug-likeness (QED) is 0.494. The first kappa shape index (κ1) is 23.1. The van der Waals surface area contributed by atoms with Crippen LogP contribution in [0.2, 0.25) is 5.02 Å². The number of carbonyl (C=O) groups is 2. The number of aryl methyl sites for hydroxylation is 1. The Morgan fingerprint density at radius 1 is 1.30 bits per heavy atom. The molecule has 1 amide bonds. The molecule has 3 aromatic rings. The number of hydrogen-bond donors (Lipinski definition) is 1. The maximum atomic E-state index is 13.5. The average molecular weight is 513 g/mol. The summed E-state index contributed by atoms with van der Waals surface area (Å²) in [5.74, 6) is -2.83. The lowest BCUT2D eigenvalue weighted by molar-refractivity contribution is -0.120. The van der Waals surface area contributed by atoms with Crippen molar-refractivity contribution in [2.45, 2.75) is 24.7 Å². The van der Waals surface area contributed by atoms with Gasteiger partial charge in [0, 0.05) is 10.9 Å². The van der Waals surface area contributed by atoms with Crippen LogP contribution in [0.4, 0.5) is 0 Å². The van der Waals surface area contributed by atoms with Gasteiger partial charge in [0.25, 0.3) is 10.0 Å². The van der Waals surface area contributed by atoms with Crippen LogP contribution in [-0.4, -0.2) is 39.4 Å². The molecule has 0 fully saturated rings. The fraction of sp³-hybridized carbons (Fsp3) is 0.250. The van der Waals surface area contributed by atoms with Gasteiger partial charge in [-0.25, -0.2) is 17.9 Å². The number of aromatic nitrogens is 1. The van der Waals surface area contributed by atoms with Crippen LogP contribution in [0, 0.1) is 13.8 Å². The van der Waals surface area contributed by atoms with Gasteiger partial charge in [-0.1, -0.05) is 16.8 Å². The summed E-state index contributed by atoms with van der Waals surface area (Å²) < 4.78 is 48.7. The lowest BCUT2D eigenvalue weighted by Crippen LogP contribution is -2.36. The van der Waals surface area contributed by atoms with Crippen LogP contribution in [-0.2, 0) is 19.6 Å². The number of thiophene rings is 1. The average Bonchev–Trinajstić information content (AvgIpc) is 3.53. The molecule has 2 aromatic heterocycles. The molecule has 1 unspecified atom stereocenters. The lowest BCUT2D eigenvalue weighted by atomic mass is 9.86. The number of hydrogen-bond acceptors (Lipinski definition) is 10. The van der Waals surface area contributed by atoms with Gasteiger partial charge in [-0.05, 0) is 36.9 Å². The van der Waals surface area contributed by atoms with E-state index in [9.17, 15) is 18.0 Å². The Hall–Kier alpha value is -3.09. The highest BCUT2D eigenvalue weighted by Gasteiger charge is 2.39. The highest BCUT2D eigenvalue weighted by atomic mass is 35.5. The van der Waals surface area contributed by atoms with Gasteiger partial charge < -0.3 is 18.7 Å². The Balaban J connectivity index is 1.93. The van der Waals surface area contributed by atoms with Crippen molar-refractivity contribution in [3.63, 3.8) is 0 Å². The van der Waals surface area contributed by atoms with Crippen molar-refractivity contribution in [1.82, 2.24) is 9.88 Å². The third-order valence-electron chi connectivity index (χ3n) is 5.03. The molecule has 13 heteroatoms. The van der Waals surface area contributed by atoms with Gasteiger partial charge in [0.2, 0.25) is 12.7 Å². The number of ether oxygens (including phenoxy) is 3. The van der Waals surface area contributed by atoms with Crippen molar-refractivity contribution in [2.75, 3.05) is 13.9 Å². The molecule has 3 heterocycles. The molecule has 1 aromatic carbocycles. The maximum absolute atomic E-state index is 13.5. The lowest BCUT2D eigenvalue weighted by Gasteiger charge is -2.21. The normalized spacial score (nSPS) is 13.6. The van der Waals surface area contributed by atoms with Crippen molar-refractivity contribution >= 4 is 44.8 Å². The number of nitrogens with zero attached hydrogens (tertiary/aromatic N) is 1. The van der Waals surface area contributed by atoms with Gasteiger partial charge in [0.05, 0.1) is 23.3 Å². The van der Waals surface area contributed by atoms with Crippen molar-refractivity contribution < 1.29 is 36.7 Å². The predicted octanol–water partition coefficient (Wildman–Crippen LogP) is 3.16. The van der Waals surface area contributed by atoms with Gasteiger partial charge in [-0.2, -0.15) is 11.3 Å². The van der Waals surface area contributed by atoms with E-state index in [4.69, 9.17) is 30.3 Å². The molecule has 33 heavy (non-hydrogen) atoms. The topological polar surface area (TPSA) is 134 Å². The molecule has 1 aliphatic rings. The number of benzene rings is 1. The number of amides is 1. The molecule has 4 rings (SSSR count). The summed E-state index contributed by atoms with van der Waals surface area (Å²) in [6, 6.07) is 2.72.